The van der Waals surface area contributed by atoms with Gasteiger partial charge in [-0.15, -0.1) is 0 Å². The van der Waals surface area contributed by atoms with Gasteiger partial charge in [0.25, 0.3) is 11.5 Å². The molecule has 3 aromatic rings. The van der Waals surface area contributed by atoms with E-state index in [1.165, 1.54) is 10.9 Å². The van der Waals surface area contributed by atoms with Crippen molar-refractivity contribution in [2.75, 3.05) is 5.32 Å². The van der Waals surface area contributed by atoms with Gasteiger partial charge >= 0.3 is 0 Å². The number of para-hydroxylation sites is 1. The summed E-state index contributed by atoms with van der Waals surface area (Å²) in [5, 5.41) is 6.63. The number of hydrogen-bond donors (Lipinski definition) is 2. The van der Waals surface area contributed by atoms with Crippen molar-refractivity contribution in [3.8, 4) is 0 Å². The van der Waals surface area contributed by atoms with Gasteiger partial charge in [0.05, 0.1) is 28.5 Å². The Balaban J connectivity index is 1.50. The number of rotatable bonds is 5. The third kappa shape index (κ3) is 4.36. The summed E-state index contributed by atoms with van der Waals surface area (Å²) in [6, 6.07) is 11.8. The van der Waals surface area contributed by atoms with E-state index < -0.39 is 5.91 Å². The minimum absolute atomic E-state index is 0.178. The number of hydrogen-bond acceptors (Lipinski definition) is 4. The minimum Gasteiger partial charge on any atom is -0.349 e. The maximum atomic E-state index is 12.7. The van der Waals surface area contributed by atoms with Crippen LogP contribution >= 0.6 is 11.6 Å². The van der Waals surface area contributed by atoms with Gasteiger partial charge in [0, 0.05) is 11.1 Å². The summed E-state index contributed by atoms with van der Waals surface area (Å²) in [6.45, 7) is -0.219. The van der Waals surface area contributed by atoms with Crippen LogP contribution in [-0.2, 0) is 11.3 Å². The molecular weight excluding hydrogens is 404 g/mol. The molecule has 4 rings (SSSR count). The molecule has 0 radical (unpaired) electrons. The van der Waals surface area contributed by atoms with Gasteiger partial charge in [-0.3, -0.25) is 19.0 Å². The molecule has 0 spiro atoms. The monoisotopic (exact) mass is 424 g/mol. The summed E-state index contributed by atoms with van der Waals surface area (Å²) in [5.74, 6) is -0.632. The van der Waals surface area contributed by atoms with Crippen LogP contribution in [0.15, 0.2) is 53.6 Å². The molecule has 7 nitrogen and oxygen atoms in total. The maximum absolute atomic E-state index is 12.7. The van der Waals surface area contributed by atoms with Crippen molar-refractivity contribution in [1.29, 1.82) is 0 Å². The van der Waals surface area contributed by atoms with Gasteiger partial charge in [-0.1, -0.05) is 36.6 Å². The number of halogens is 1. The number of fused-ring (bicyclic) bond motifs is 1. The summed E-state index contributed by atoms with van der Waals surface area (Å²) >= 11 is 5.93. The van der Waals surface area contributed by atoms with Gasteiger partial charge in [-0.25, -0.2) is 4.98 Å². The Morgan fingerprint density at radius 1 is 1.13 bits per heavy atom. The lowest BCUT2D eigenvalue weighted by atomic mass is 10.1. The van der Waals surface area contributed by atoms with Gasteiger partial charge in [0.1, 0.15) is 6.54 Å². The largest absolute Gasteiger partial charge is 0.349 e. The second-order valence-electron chi connectivity index (χ2n) is 7.39. The number of anilines is 1. The highest BCUT2D eigenvalue weighted by atomic mass is 35.5. The van der Waals surface area contributed by atoms with E-state index >= 15 is 0 Å². The van der Waals surface area contributed by atoms with Crippen molar-refractivity contribution in [2.24, 2.45) is 0 Å². The van der Waals surface area contributed by atoms with E-state index in [0.29, 0.717) is 27.2 Å². The molecule has 1 aromatic heterocycles. The van der Waals surface area contributed by atoms with Crippen LogP contribution in [0, 0.1) is 0 Å². The fourth-order valence-electron chi connectivity index (χ4n) is 3.71. The molecule has 2 aromatic carbocycles. The molecular formula is C22H21ClN4O3. The van der Waals surface area contributed by atoms with Crippen LogP contribution in [0.5, 0.6) is 0 Å². The molecule has 0 saturated heterocycles. The topological polar surface area (TPSA) is 93.1 Å². The first-order valence-electron chi connectivity index (χ1n) is 9.86. The summed E-state index contributed by atoms with van der Waals surface area (Å²) < 4.78 is 1.23. The van der Waals surface area contributed by atoms with Gasteiger partial charge in [0.2, 0.25) is 5.91 Å². The number of carbonyl (C=O) groups excluding carboxylic acids is 2. The molecule has 1 aliphatic rings. The highest BCUT2D eigenvalue weighted by molar-refractivity contribution is 6.31. The van der Waals surface area contributed by atoms with Crippen molar-refractivity contribution < 1.29 is 9.59 Å². The normalized spacial score (nSPS) is 14.0. The average molecular weight is 425 g/mol. The molecule has 1 aliphatic carbocycles. The zero-order valence-electron chi connectivity index (χ0n) is 16.2. The summed E-state index contributed by atoms with van der Waals surface area (Å²) in [5.41, 5.74) is 0.945. The maximum Gasteiger partial charge on any atom is 0.261 e. The van der Waals surface area contributed by atoms with Gasteiger partial charge in [0.15, 0.2) is 0 Å². The molecule has 0 aliphatic heterocycles. The van der Waals surface area contributed by atoms with E-state index in [2.05, 4.69) is 15.6 Å². The standard InChI is InChI=1S/C22H21ClN4O3/c23-14-9-10-17-19(11-14)24-13-27(22(17)30)12-20(28)26-18-8-4-3-7-16(18)21(29)25-15-5-1-2-6-15/h3-4,7-11,13,15H,1-2,5-6,12H2,(H,25,29)(H,26,28). The Labute approximate surface area is 178 Å². The fraction of sp³-hybridized carbons (Fsp3) is 0.273. The van der Waals surface area contributed by atoms with Crippen LogP contribution in [0.3, 0.4) is 0 Å². The molecule has 154 valence electrons. The van der Waals surface area contributed by atoms with E-state index in [0.717, 1.165) is 25.7 Å². The van der Waals surface area contributed by atoms with Crippen LogP contribution in [0.1, 0.15) is 36.0 Å². The second kappa shape index (κ2) is 8.67. The van der Waals surface area contributed by atoms with E-state index in [4.69, 9.17) is 11.6 Å². The van der Waals surface area contributed by atoms with E-state index in [-0.39, 0.29) is 24.1 Å². The van der Waals surface area contributed by atoms with Crippen molar-refractivity contribution in [2.45, 2.75) is 38.3 Å². The number of benzene rings is 2. The number of nitrogens with zero attached hydrogens (tertiary/aromatic N) is 2. The average Bonchev–Trinajstić information content (AvgIpc) is 3.23. The number of carbonyl (C=O) groups is 2. The molecule has 2 N–H and O–H groups in total. The first kappa shape index (κ1) is 20.1. The van der Waals surface area contributed by atoms with Crippen molar-refractivity contribution in [3.05, 3.63) is 69.7 Å². The second-order valence-corrected chi connectivity index (χ2v) is 7.82. The first-order chi connectivity index (χ1) is 14.5. The van der Waals surface area contributed by atoms with Gasteiger partial charge in [-0.05, 0) is 43.2 Å². The molecule has 0 atom stereocenters. The molecule has 30 heavy (non-hydrogen) atoms. The molecule has 1 heterocycles. The molecule has 1 saturated carbocycles. The lowest BCUT2D eigenvalue weighted by molar-refractivity contribution is -0.116. The van der Waals surface area contributed by atoms with E-state index in [1.807, 2.05) is 0 Å². The van der Waals surface area contributed by atoms with Crippen LogP contribution in [0.4, 0.5) is 5.69 Å². The minimum atomic E-state index is -0.423. The van der Waals surface area contributed by atoms with Crippen molar-refractivity contribution >= 4 is 40.0 Å². The molecule has 0 bridgehead atoms. The number of aromatic nitrogens is 2. The number of nitrogens with one attached hydrogen (secondary N) is 2. The van der Waals surface area contributed by atoms with Crippen LogP contribution < -0.4 is 16.2 Å². The first-order valence-corrected chi connectivity index (χ1v) is 10.2. The highest BCUT2D eigenvalue weighted by Gasteiger charge is 2.20. The smallest absolute Gasteiger partial charge is 0.261 e. The zero-order chi connectivity index (χ0) is 21.1. The van der Waals surface area contributed by atoms with Crippen LogP contribution in [-0.4, -0.2) is 27.4 Å². The van der Waals surface area contributed by atoms with E-state index in [1.54, 1.807) is 42.5 Å². The van der Waals surface area contributed by atoms with Crippen LogP contribution in [0.25, 0.3) is 10.9 Å². The molecule has 8 heteroatoms. The van der Waals surface area contributed by atoms with Crippen molar-refractivity contribution in [3.63, 3.8) is 0 Å². The summed E-state index contributed by atoms with van der Waals surface area (Å²) in [7, 11) is 0. The Hall–Kier alpha value is -3.19. The van der Waals surface area contributed by atoms with Crippen molar-refractivity contribution in [1.82, 2.24) is 14.9 Å². The number of amides is 2. The highest BCUT2D eigenvalue weighted by Crippen LogP contribution is 2.20. The summed E-state index contributed by atoms with van der Waals surface area (Å²) in [4.78, 5) is 42.1. The Bertz CT molecular complexity index is 1170. The predicted molar refractivity (Wildman–Crippen MR) is 116 cm³/mol. The Kier molecular flexibility index (Phi) is 5.81. The third-order valence-corrected chi connectivity index (χ3v) is 5.47. The third-order valence-electron chi connectivity index (χ3n) is 5.24. The zero-order valence-corrected chi connectivity index (χ0v) is 17.0. The predicted octanol–water partition coefficient (Wildman–Crippen LogP) is 3.36. The Morgan fingerprint density at radius 3 is 2.70 bits per heavy atom. The van der Waals surface area contributed by atoms with E-state index in [9.17, 15) is 14.4 Å². The SMILES string of the molecule is O=C(Cn1cnc2cc(Cl)ccc2c1=O)Nc1ccccc1C(=O)NC1CCCC1. The Morgan fingerprint density at radius 2 is 1.90 bits per heavy atom. The quantitative estimate of drug-likeness (QED) is 0.656. The molecule has 1 fully saturated rings. The van der Waals surface area contributed by atoms with Gasteiger partial charge < -0.3 is 10.6 Å². The van der Waals surface area contributed by atoms with Crippen LogP contribution in [0.2, 0.25) is 5.02 Å². The van der Waals surface area contributed by atoms with Gasteiger partial charge in [-0.2, -0.15) is 0 Å². The fourth-order valence-corrected chi connectivity index (χ4v) is 3.88. The lowest BCUT2D eigenvalue weighted by Gasteiger charge is -2.15. The molecule has 2 amide bonds. The lowest BCUT2D eigenvalue weighted by Crippen LogP contribution is -2.33. The summed E-state index contributed by atoms with van der Waals surface area (Å²) in [6.07, 6.45) is 5.50. The molecule has 0 unspecified atom stereocenters.